The number of benzene rings is 1. The van der Waals surface area contributed by atoms with E-state index in [1.807, 2.05) is 38.1 Å². The van der Waals surface area contributed by atoms with E-state index in [2.05, 4.69) is 17.2 Å². The molecular weight excluding hydrogens is 226 g/mol. The lowest BCUT2D eigenvalue weighted by Gasteiger charge is -2.09. The van der Waals surface area contributed by atoms with Gasteiger partial charge in [-0.05, 0) is 24.6 Å². The average molecular weight is 245 g/mol. The minimum absolute atomic E-state index is 0.00845. The third kappa shape index (κ3) is 4.60. The Balaban J connectivity index is 2.71. The molecule has 0 aromatic heterocycles. The van der Waals surface area contributed by atoms with Gasteiger partial charge >= 0.3 is 0 Å². The molecule has 18 heavy (non-hydrogen) atoms. The van der Waals surface area contributed by atoms with Gasteiger partial charge in [0.1, 0.15) is 0 Å². The van der Waals surface area contributed by atoms with Gasteiger partial charge in [0, 0.05) is 23.6 Å². The zero-order valence-electron chi connectivity index (χ0n) is 10.9. The molecule has 0 spiro atoms. The summed E-state index contributed by atoms with van der Waals surface area (Å²) in [6.45, 7) is 3.96. The van der Waals surface area contributed by atoms with E-state index in [-0.39, 0.29) is 18.4 Å². The molecular formula is C15H19NO2. The second-order valence-electron chi connectivity index (χ2n) is 4.15. The summed E-state index contributed by atoms with van der Waals surface area (Å²) in [5.74, 6) is 5.83. The first-order chi connectivity index (χ1) is 8.67. The SMILES string of the molecule is CCC(C)C(=O)Nc1cccc(C#CCCO)c1. The number of carbonyl (C=O) groups excluding carboxylic acids is 1. The van der Waals surface area contributed by atoms with Crippen LogP contribution in [-0.4, -0.2) is 17.6 Å². The number of hydrogen-bond acceptors (Lipinski definition) is 2. The van der Waals surface area contributed by atoms with Gasteiger partial charge in [0.25, 0.3) is 0 Å². The predicted molar refractivity (Wildman–Crippen MR) is 73.1 cm³/mol. The van der Waals surface area contributed by atoms with Crippen molar-refractivity contribution >= 4 is 11.6 Å². The molecule has 0 heterocycles. The van der Waals surface area contributed by atoms with Crippen molar-refractivity contribution in [2.45, 2.75) is 26.7 Å². The molecule has 0 bridgehead atoms. The number of aliphatic hydroxyl groups excluding tert-OH is 1. The van der Waals surface area contributed by atoms with Crippen LogP contribution in [0.4, 0.5) is 5.69 Å². The van der Waals surface area contributed by atoms with Gasteiger partial charge in [-0.1, -0.05) is 31.8 Å². The van der Waals surface area contributed by atoms with Gasteiger partial charge in [-0.2, -0.15) is 0 Å². The second-order valence-corrected chi connectivity index (χ2v) is 4.15. The van der Waals surface area contributed by atoms with Crippen LogP contribution in [0.15, 0.2) is 24.3 Å². The Morgan fingerprint density at radius 3 is 2.94 bits per heavy atom. The molecule has 0 saturated heterocycles. The molecule has 1 aromatic carbocycles. The molecule has 0 aliphatic carbocycles. The van der Waals surface area contributed by atoms with E-state index >= 15 is 0 Å². The summed E-state index contributed by atoms with van der Waals surface area (Å²) in [7, 11) is 0. The Kier molecular flexibility index (Phi) is 5.96. The first kappa shape index (κ1) is 14.3. The first-order valence-corrected chi connectivity index (χ1v) is 6.18. The first-order valence-electron chi connectivity index (χ1n) is 6.18. The Morgan fingerprint density at radius 1 is 1.50 bits per heavy atom. The number of rotatable bonds is 4. The van der Waals surface area contributed by atoms with Crippen molar-refractivity contribution in [2.75, 3.05) is 11.9 Å². The zero-order chi connectivity index (χ0) is 13.4. The summed E-state index contributed by atoms with van der Waals surface area (Å²) < 4.78 is 0. The number of anilines is 1. The summed E-state index contributed by atoms with van der Waals surface area (Å²) in [6.07, 6.45) is 1.28. The van der Waals surface area contributed by atoms with Crippen molar-refractivity contribution in [3.63, 3.8) is 0 Å². The number of nitrogens with one attached hydrogen (secondary N) is 1. The highest BCUT2D eigenvalue weighted by Gasteiger charge is 2.10. The molecule has 1 rings (SSSR count). The normalized spacial score (nSPS) is 11.3. The molecule has 3 nitrogen and oxygen atoms in total. The summed E-state index contributed by atoms with van der Waals surface area (Å²) in [5, 5.41) is 11.5. The van der Waals surface area contributed by atoms with E-state index in [0.29, 0.717) is 6.42 Å². The summed E-state index contributed by atoms with van der Waals surface area (Å²) >= 11 is 0. The monoisotopic (exact) mass is 245 g/mol. The summed E-state index contributed by atoms with van der Waals surface area (Å²) in [6, 6.07) is 7.42. The number of aliphatic hydroxyl groups is 1. The molecule has 0 aliphatic rings. The second kappa shape index (κ2) is 7.52. The van der Waals surface area contributed by atoms with Crippen LogP contribution in [0.5, 0.6) is 0 Å². The van der Waals surface area contributed by atoms with Crippen LogP contribution in [0, 0.1) is 17.8 Å². The third-order valence-electron chi connectivity index (χ3n) is 2.66. The van der Waals surface area contributed by atoms with E-state index in [0.717, 1.165) is 17.7 Å². The van der Waals surface area contributed by atoms with Crippen LogP contribution in [0.1, 0.15) is 32.3 Å². The molecule has 0 radical (unpaired) electrons. The fraction of sp³-hybridized carbons (Fsp3) is 0.400. The van der Waals surface area contributed by atoms with Crippen molar-refractivity contribution in [2.24, 2.45) is 5.92 Å². The standard InChI is InChI=1S/C15H19NO2/c1-3-12(2)15(18)16-14-9-6-8-13(11-14)7-4-5-10-17/h6,8-9,11-12,17H,3,5,10H2,1-2H3,(H,16,18). The van der Waals surface area contributed by atoms with Crippen molar-refractivity contribution in [1.29, 1.82) is 0 Å². The Hall–Kier alpha value is -1.79. The molecule has 1 unspecified atom stereocenters. The molecule has 0 saturated carbocycles. The van der Waals surface area contributed by atoms with Gasteiger partial charge in [0.05, 0.1) is 6.61 Å². The lowest BCUT2D eigenvalue weighted by Crippen LogP contribution is -2.19. The maximum Gasteiger partial charge on any atom is 0.227 e. The molecule has 0 fully saturated rings. The maximum absolute atomic E-state index is 11.7. The van der Waals surface area contributed by atoms with Crippen molar-refractivity contribution < 1.29 is 9.90 Å². The van der Waals surface area contributed by atoms with Gasteiger partial charge in [-0.15, -0.1) is 0 Å². The maximum atomic E-state index is 11.7. The number of hydrogen-bond donors (Lipinski definition) is 2. The van der Waals surface area contributed by atoms with Crippen LogP contribution >= 0.6 is 0 Å². The van der Waals surface area contributed by atoms with E-state index in [9.17, 15) is 4.79 Å². The molecule has 3 heteroatoms. The van der Waals surface area contributed by atoms with Crippen molar-refractivity contribution in [1.82, 2.24) is 0 Å². The third-order valence-corrected chi connectivity index (χ3v) is 2.66. The van der Waals surface area contributed by atoms with E-state index < -0.39 is 0 Å². The van der Waals surface area contributed by atoms with Gasteiger partial charge < -0.3 is 10.4 Å². The van der Waals surface area contributed by atoms with Crippen molar-refractivity contribution in [3.05, 3.63) is 29.8 Å². The Morgan fingerprint density at radius 2 is 2.28 bits per heavy atom. The van der Waals surface area contributed by atoms with Crippen LogP contribution in [-0.2, 0) is 4.79 Å². The van der Waals surface area contributed by atoms with Gasteiger partial charge in [0.2, 0.25) is 5.91 Å². The molecule has 1 atom stereocenters. The minimum atomic E-state index is 0.00845. The zero-order valence-corrected chi connectivity index (χ0v) is 10.9. The molecule has 2 N–H and O–H groups in total. The van der Waals surface area contributed by atoms with Crippen LogP contribution in [0.25, 0.3) is 0 Å². The van der Waals surface area contributed by atoms with Crippen LogP contribution < -0.4 is 5.32 Å². The van der Waals surface area contributed by atoms with Gasteiger partial charge in [0.15, 0.2) is 0 Å². The number of carbonyl (C=O) groups is 1. The smallest absolute Gasteiger partial charge is 0.227 e. The fourth-order valence-corrected chi connectivity index (χ4v) is 1.35. The molecule has 1 aromatic rings. The van der Waals surface area contributed by atoms with E-state index in [1.54, 1.807) is 0 Å². The predicted octanol–water partition coefficient (Wildman–Crippen LogP) is 2.41. The number of amides is 1. The van der Waals surface area contributed by atoms with E-state index in [1.165, 1.54) is 0 Å². The highest BCUT2D eigenvalue weighted by atomic mass is 16.2. The van der Waals surface area contributed by atoms with Crippen molar-refractivity contribution in [3.8, 4) is 11.8 Å². The summed E-state index contributed by atoms with van der Waals surface area (Å²) in [4.78, 5) is 11.7. The largest absolute Gasteiger partial charge is 0.395 e. The van der Waals surface area contributed by atoms with Crippen LogP contribution in [0.2, 0.25) is 0 Å². The lowest BCUT2D eigenvalue weighted by molar-refractivity contribution is -0.119. The van der Waals surface area contributed by atoms with Gasteiger partial charge in [-0.3, -0.25) is 4.79 Å². The average Bonchev–Trinajstić information content (AvgIpc) is 2.38. The highest BCUT2D eigenvalue weighted by Crippen LogP contribution is 2.12. The Labute approximate surface area is 108 Å². The molecule has 0 aliphatic heterocycles. The lowest BCUT2D eigenvalue weighted by atomic mass is 10.1. The van der Waals surface area contributed by atoms with Gasteiger partial charge in [-0.25, -0.2) is 0 Å². The topological polar surface area (TPSA) is 49.3 Å². The summed E-state index contributed by atoms with van der Waals surface area (Å²) in [5.41, 5.74) is 1.60. The minimum Gasteiger partial charge on any atom is -0.395 e. The molecule has 96 valence electrons. The fourth-order valence-electron chi connectivity index (χ4n) is 1.35. The van der Waals surface area contributed by atoms with E-state index in [4.69, 9.17) is 5.11 Å². The highest BCUT2D eigenvalue weighted by molar-refractivity contribution is 5.92. The van der Waals surface area contributed by atoms with Crippen LogP contribution in [0.3, 0.4) is 0 Å². The quantitative estimate of drug-likeness (QED) is 0.800. The Bertz CT molecular complexity index is 457. The molecule has 1 amide bonds.